The lowest BCUT2D eigenvalue weighted by Crippen LogP contribution is -1.92. The van der Waals surface area contributed by atoms with E-state index in [2.05, 4.69) is 29.2 Å². The number of hydrogen-bond donors (Lipinski definition) is 0. The molecule has 0 fully saturated rings. The third-order valence-corrected chi connectivity index (χ3v) is 7.80. The maximum Gasteiger partial charge on any atom is 0.173 e. The van der Waals surface area contributed by atoms with Gasteiger partial charge in [0, 0.05) is 11.6 Å². The van der Waals surface area contributed by atoms with E-state index >= 15 is 0 Å². The Kier molecular flexibility index (Phi) is 3.72. The van der Waals surface area contributed by atoms with E-state index in [1.807, 2.05) is 72.9 Å². The number of fused-ring (bicyclic) bond motifs is 4. The van der Waals surface area contributed by atoms with Crippen LogP contribution in [0.15, 0.2) is 106 Å². The van der Waals surface area contributed by atoms with Crippen LogP contribution in [-0.2, 0) is 0 Å². The Labute approximate surface area is 184 Å². The number of nitrogens with zero attached hydrogens (tertiary/aromatic N) is 1. The molecule has 4 aromatic carbocycles. The van der Waals surface area contributed by atoms with Crippen molar-refractivity contribution in [1.29, 1.82) is 0 Å². The van der Waals surface area contributed by atoms with E-state index < -0.39 is 7.77 Å². The molecule has 5 heteroatoms. The third-order valence-electron chi connectivity index (χ3n) is 5.77. The molecule has 2 aromatic heterocycles. The minimum absolute atomic E-state index is 0.709. The fourth-order valence-corrected chi connectivity index (χ4v) is 6.25. The Morgan fingerprint density at radius 2 is 1.50 bits per heavy atom. The summed E-state index contributed by atoms with van der Waals surface area (Å²) in [4.78, 5) is 4.52. The number of para-hydroxylation sites is 4. The minimum Gasteiger partial charge on any atom is -0.455 e. The molecule has 7 rings (SSSR count). The predicted molar refractivity (Wildman–Crippen MR) is 128 cm³/mol. The van der Waals surface area contributed by atoms with Crippen LogP contribution in [0.1, 0.15) is 0 Å². The highest BCUT2D eigenvalue weighted by Crippen LogP contribution is 2.58. The number of aromatic nitrogens is 1. The van der Waals surface area contributed by atoms with E-state index in [-0.39, 0.29) is 0 Å². The number of rotatable bonds is 1. The van der Waals surface area contributed by atoms with Crippen LogP contribution < -0.4 is 4.74 Å². The number of pyridine rings is 1. The molecule has 0 amide bonds. The van der Waals surface area contributed by atoms with Gasteiger partial charge in [-0.2, -0.15) is 0 Å². The second kappa shape index (κ2) is 6.74. The van der Waals surface area contributed by atoms with Gasteiger partial charge in [-0.05, 0) is 59.7 Å². The van der Waals surface area contributed by atoms with Crippen LogP contribution in [0.3, 0.4) is 0 Å². The quantitative estimate of drug-likeness (QED) is 0.260. The molecule has 0 spiro atoms. The number of hydrogen-bond acceptors (Lipinski definition) is 4. The highest BCUT2D eigenvalue weighted by molar-refractivity contribution is 7.57. The lowest BCUT2D eigenvalue weighted by atomic mass is 10.0. The standard InChI is InChI=1S/C27H16NO3P/c1-2-8-20-19(7-1)18(13-14-28-20)17-15-24-27-25(16-17)30-23-11-5-6-12-26(23)32(27)31-22-10-4-3-9-21(22)29-24/h1-16H. The highest BCUT2D eigenvalue weighted by Gasteiger charge is 2.24. The first-order valence-corrected chi connectivity index (χ1v) is 11.7. The molecule has 4 nitrogen and oxygen atoms in total. The third kappa shape index (κ3) is 2.60. The van der Waals surface area contributed by atoms with Crippen molar-refractivity contribution in [2.24, 2.45) is 0 Å². The van der Waals surface area contributed by atoms with Gasteiger partial charge < -0.3 is 13.4 Å². The van der Waals surface area contributed by atoms with Crippen molar-refractivity contribution >= 4 is 40.5 Å². The zero-order chi connectivity index (χ0) is 21.1. The van der Waals surface area contributed by atoms with Crippen LogP contribution in [0, 0.1) is 0 Å². The second-order valence-corrected chi connectivity index (χ2v) is 9.40. The second-order valence-electron chi connectivity index (χ2n) is 7.70. The highest BCUT2D eigenvalue weighted by atomic mass is 31.1. The van der Waals surface area contributed by atoms with Gasteiger partial charge in [0.25, 0.3) is 0 Å². The van der Waals surface area contributed by atoms with Crippen LogP contribution in [0.2, 0.25) is 0 Å². The monoisotopic (exact) mass is 433 g/mol. The summed E-state index contributed by atoms with van der Waals surface area (Å²) in [6.07, 6.45) is 1.84. The number of benzene rings is 4. The van der Waals surface area contributed by atoms with Crippen molar-refractivity contribution in [3.63, 3.8) is 0 Å². The average molecular weight is 433 g/mol. The van der Waals surface area contributed by atoms with Gasteiger partial charge >= 0.3 is 0 Å². The van der Waals surface area contributed by atoms with Gasteiger partial charge in [-0.15, -0.1) is 0 Å². The van der Waals surface area contributed by atoms with Crippen molar-refractivity contribution in [1.82, 2.24) is 4.98 Å². The molecule has 32 heavy (non-hydrogen) atoms. The summed E-state index contributed by atoms with van der Waals surface area (Å²) < 4.78 is 19.4. The summed E-state index contributed by atoms with van der Waals surface area (Å²) in [6.45, 7) is 0. The molecule has 1 atom stereocenters. The maximum atomic E-state index is 6.56. The van der Waals surface area contributed by atoms with Crippen molar-refractivity contribution in [3.8, 4) is 27.9 Å². The fourth-order valence-electron chi connectivity index (χ4n) is 4.31. The molecule has 0 saturated carbocycles. The topological polar surface area (TPSA) is 48.4 Å². The first-order valence-electron chi connectivity index (χ1n) is 10.4. The molecule has 3 heterocycles. The normalized spacial score (nSPS) is 12.6. The largest absolute Gasteiger partial charge is 0.455 e. The minimum atomic E-state index is -1.13. The molecule has 1 aliphatic rings. The lowest BCUT2D eigenvalue weighted by Gasteiger charge is -2.19. The first-order chi connectivity index (χ1) is 15.8. The molecule has 6 aromatic rings. The molecule has 0 saturated heterocycles. The Bertz CT molecular complexity index is 1720. The molecule has 152 valence electrons. The Morgan fingerprint density at radius 1 is 0.688 bits per heavy atom. The van der Waals surface area contributed by atoms with Gasteiger partial charge in [-0.3, -0.25) is 4.98 Å². The summed E-state index contributed by atoms with van der Waals surface area (Å²) in [5, 5.41) is 3.11. The number of ether oxygens (including phenoxy) is 1. The first kappa shape index (κ1) is 17.6. The molecule has 1 aliphatic heterocycles. The van der Waals surface area contributed by atoms with Crippen LogP contribution in [0.5, 0.6) is 11.5 Å². The van der Waals surface area contributed by atoms with Gasteiger partial charge in [0.05, 0.1) is 18.6 Å². The van der Waals surface area contributed by atoms with Gasteiger partial charge in [-0.25, -0.2) is 0 Å². The molecule has 0 aliphatic carbocycles. The van der Waals surface area contributed by atoms with Gasteiger partial charge in [0.2, 0.25) is 0 Å². The van der Waals surface area contributed by atoms with E-state index in [0.717, 1.165) is 55.1 Å². The van der Waals surface area contributed by atoms with Crippen LogP contribution in [0.4, 0.5) is 0 Å². The summed E-state index contributed by atoms with van der Waals surface area (Å²) in [6, 6.07) is 30.3. The van der Waals surface area contributed by atoms with Gasteiger partial charge in [0.15, 0.2) is 11.2 Å². The molecule has 0 radical (unpaired) electrons. The molecule has 0 N–H and O–H groups in total. The van der Waals surface area contributed by atoms with Crippen molar-refractivity contribution < 1.29 is 13.4 Å². The zero-order valence-corrected chi connectivity index (χ0v) is 17.8. The average Bonchev–Trinajstić information content (AvgIpc) is 3.01. The summed E-state index contributed by atoms with van der Waals surface area (Å²) in [5.74, 6) is 1.60. The predicted octanol–water partition coefficient (Wildman–Crippen LogP) is 8.60. The van der Waals surface area contributed by atoms with E-state index in [1.165, 1.54) is 0 Å². The maximum absolute atomic E-state index is 6.56. The molecule has 1 unspecified atom stereocenters. The van der Waals surface area contributed by atoms with E-state index in [4.69, 9.17) is 13.4 Å². The Balaban J connectivity index is 1.64. The fraction of sp³-hybridized carbons (Fsp3) is 0. The Hall–Kier alpha value is -4.01. The van der Waals surface area contributed by atoms with E-state index in [0.29, 0.717) is 5.58 Å². The lowest BCUT2D eigenvalue weighted by molar-refractivity contribution is 0.489. The van der Waals surface area contributed by atoms with Crippen molar-refractivity contribution in [3.05, 3.63) is 97.2 Å². The van der Waals surface area contributed by atoms with Crippen molar-refractivity contribution in [2.45, 2.75) is 0 Å². The zero-order valence-electron chi connectivity index (χ0n) is 16.9. The van der Waals surface area contributed by atoms with E-state index in [1.54, 1.807) is 0 Å². The summed E-state index contributed by atoms with van der Waals surface area (Å²) in [5.41, 5.74) is 5.28. The molecule has 0 bridgehead atoms. The van der Waals surface area contributed by atoms with Gasteiger partial charge in [-0.1, -0.05) is 42.5 Å². The van der Waals surface area contributed by atoms with Crippen LogP contribution in [0.25, 0.3) is 49.2 Å². The van der Waals surface area contributed by atoms with Crippen LogP contribution in [-0.4, -0.2) is 4.98 Å². The SMILES string of the molecule is c1ccc2c(c1)Oc1cc(-c3ccnc4ccccc34)cc3oc4ccccc4op-2c13. The smallest absolute Gasteiger partial charge is 0.173 e. The summed E-state index contributed by atoms with van der Waals surface area (Å²) in [7, 11) is -1.13. The summed E-state index contributed by atoms with van der Waals surface area (Å²) >= 11 is 0. The van der Waals surface area contributed by atoms with Crippen molar-refractivity contribution in [2.75, 3.05) is 0 Å². The van der Waals surface area contributed by atoms with E-state index in [9.17, 15) is 0 Å². The Morgan fingerprint density at radius 3 is 2.47 bits per heavy atom. The van der Waals surface area contributed by atoms with Crippen LogP contribution >= 0.6 is 7.77 Å². The van der Waals surface area contributed by atoms with Gasteiger partial charge in [0.1, 0.15) is 22.2 Å². The molecular formula is C27H16NO3P. The molecular weight excluding hydrogens is 417 g/mol.